The summed E-state index contributed by atoms with van der Waals surface area (Å²) in [5.41, 5.74) is 2.78. The van der Waals surface area contributed by atoms with E-state index in [0.29, 0.717) is 11.7 Å². The van der Waals surface area contributed by atoms with Crippen LogP contribution in [0.2, 0.25) is 0 Å². The summed E-state index contributed by atoms with van der Waals surface area (Å²) >= 11 is 1.44. The fourth-order valence-corrected chi connectivity index (χ4v) is 4.87. The van der Waals surface area contributed by atoms with Crippen molar-refractivity contribution >= 4 is 34.2 Å². The van der Waals surface area contributed by atoms with E-state index in [1.54, 1.807) is 0 Å². The predicted molar refractivity (Wildman–Crippen MR) is 107 cm³/mol. The topological polar surface area (TPSA) is 69.0 Å². The molecule has 0 spiro atoms. The second-order valence-corrected chi connectivity index (χ2v) is 8.55. The summed E-state index contributed by atoms with van der Waals surface area (Å²) in [5, 5.41) is 10.5. The van der Waals surface area contributed by atoms with Crippen LogP contribution in [0.4, 0.5) is 0 Å². The number of pyridine rings is 1. The number of carbonyl (C=O) groups is 1. The van der Waals surface area contributed by atoms with Crippen LogP contribution >= 0.6 is 11.8 Å². The van der Waals surface area contributed by atoms with Gasteiger partial charge in [0.25, 0.3) is 0 Å². The van der Waals surface area contributed by atoms with Gasteiger partial charge in [0.1, 0.15) is 0 Å². The average Bonchev–Trinajstić information content (AvgIpc) is 3.31. The highest BCUT2D eigenvalue weighted by Gasteiger charge is 2.23. The molecule has 0 N–H and O–H groups in total. The van der Waals surface area contributed by atoms with Crippen LogP contribution in [0.3, 0.4) is 0 Å². The van der Waals surface area contributed by atoms with Crippen LogP contribution in [0, 0.1) is 12.8 Å². The highest BCUT2D eigenvalue weighted by molar-refractivity contribution is 7.99. The number of hydrogen-bond acceptors (Lipinski definition) is 6. The lowest BCUT2D eigenvalue weighted by atomic mass is 10.0. The second-order valence-electron chi connectivity index (χ2n) is 7.61. The molecule has 2 aromatic heterocycles. The maximum absolute atomic E-state index is 12.7. The Bertz CT molecular complexity index is 1080. The van der Waals surface area contributed by atoms with Crippen molar-refractivity contribution < 1.29 is 14.3 Å². The molecule has 28 heavy (non-hydrogen) atoms. The molecule has 5 rings (SSSR count). The lowest BCUT2D eigenvalue weighted by molar-refractivity contribution is -0.130. The third-order valence-corrected chi connectivity index (χ3v) is 6.37. The van der Waals surface area contributed by atoms with Gasteiger partial charge in [-0.2, -0.15) is 0 Å². The summed E-state index contributed by atoms with van der Waals surface area (Å²) in [6, 6.07) is 6.03. The number of aromatic nitrogens is 3. The number of hydrogen-bond donors (Lipinski definition) is 0. The van der Waals surface area contributed by atoms with Crippen molar-refractivity contribution in [1.82, 2.24) is 19.5 Å². The van der Waals surface area contributed by atoms with Gasteiger partial charge in [-0.05, 0) is 43.4 Å². The molecule has 0 saturated carbocycles. The first-order chi connectivity index (χ1) is 13.6. The fraction of sp³-hybridized carbons (Fsp3) is 0.450. The van der Waals surface area contributed by atoms with E-state index in [1.807, 2.05) is 28.4 Å². The van der Waals surface area contributed by atoms with Gasteiger partial charge in [-0.3, -0.25) is 9.20 Å². The van der Waals surface area contributed by atoms with E-state index in [0.717, 1.165) is 58.3 Å². The van der Waals surface area contributed by atoms with Gasteiger partial charge in [-0.1, -0.05) is 18.7 Å². The van der Waals surface area contributed by atoms with Gasteiger partial charge in [0.15, 0.2) is 22.3 Å². The molecule has 3 aromatic rings. The number of piperidine rings is 1. The van der Waals surface area contributed by atoms with Crippen LogP contribution in [-0.4, -0.2) is 51.0 Å². The number of likely N-dealkylation sites (tertiary alicyclic amines) is 1. The molecule has 1 atom stereocenters. The van der Waals surface area contributed by atoms with Crippen LogP contribution in [-0.2, 0) is 4.79 Å². The maximum Gasteiger partial charge on any atom is 0.233 e. The summed E-state index contributed by atoms with van der Waals surface area (Å²) in [5.74, 6) is 2.59. The number of carbonyl (C=O) groups excluding carboxylic acids is 1. The molecule has 1 saturated heterocycles. The molecular formula is C20H22N4O3S. The van der Waals surface area contributed by atoms with E-state index in [9.17, 15) is 4.79 Å². The normalized spacial score (nSPS) is 18.9. The number of amides is 1. The van der Waals surface area contributed by atoms with Gasteiger partial charge in [0, 0.05) is 24.5 Å². The quantitative estimate of drug-likeness (QED) is 0.631. The molecule has 4 heterocycles. The van der Waals surface area contributed by atoms with Crippen molar-refractivity contribution in [3.8, 4) is 11.5 Å². The Labute approximate surface area is 167 Å². The molecule has 0 radical (unpaired) electrons. The lowest BCUT2D eigenvalue weighted by Gasteiger charge is -2.30. The largest absolute Gasteiger partial charge is 0.454 e. The zero-order chi connectivity index (χ0) is 19.3. The molecular weight excluding hydrogens is 376 g/mol. The molecule has 8 heteroatoms. The van der Waals surface area contributed by atoms with Crippen molar-refractivity contribution in [3.63, 3.8) is 0 Å². The SMILES string of the molecule is Cc1cc2cc3c(cc2n2c(SCC(=O)N4CCCC(C)C4)nnc12)OCO3. The molecule has 1 aromatic carbocycles. The molecule has 1 fully saturated rings. The van der Waals surface area contributed by atoms with Gasteiger partial charge >= 0.3 is 0 Å². The van der Waals surface area contributed by atoms with E-state index >= 15 is 0 Å². The number of benzene rings is 1. The van der Waals surface area contributed by atoms with Gasteiger partial charge in [-0.15, -0.1) is 10.2 Å². The first-order valence-corrected chi connectivity index (χ1v) is 10.6. The Kier molecular flexibility index (Phi) is 4.30. The molecule has 0 aliphatic carbocycles. The monoisotopic (exact) mass is 398 g/mol. The van der Waals surface area contributed by atoms with Crippen molar-refractivity contribution in [1.29, 1.82) is 0 Å². The molecule has 146 valence electrons. The Morgan fingerprint density at radius 3 is 2.89 bits per heavy atom. The molecule has 1 amide bonds. The lowest BCUT2D eigenvalue weighted by Crippen LogP contribution is -2.40. The number of aryl methyl sites for hydroxylation is 1. The highest BCUT2D eigenvalue weighted by Crippen LogP contribution is 2.37. The second kappa shape index (κ2) is 6.84. The zero-order valence-electron chi connectivity index (χ0n) is 16.0. The maximum atomic E-state index is 12.7. The van der Waals surface area contributed by atoms with Crippen LogP contribution in [0.5, 0.6) is 11.5 Å². The van der Waals surface area contributed by atoms with E-state index in [4.69, 9.17) is 9.47 Å². The summed E-state index contributed by atoms with van der Waals surface area (Å²) in [4.78, 5) is 14.6. The Hall–Kier alpha value is -2.48. The third-order valence-electron chi connectivity index (χ3n) is 5.46. The first kappa shape index (κ1) is 17.6. The fourth-order valence-electron chi connectivity index (χ4n) is 4.02. The molecule has 0 bridgehead atoms. The van der Waals surface area contributed by atoms with Gasteiger partial charge in [0.05, 0.1) is 11.3 Å². The summed E-state index contributed by atoms with van der Waals surface area (Å²) in [6.45, 7) is 6.17. The number of nitrogens with zero attached hydrogens (tertiary/aromatic N) is 4. The average molecular weight is 398 g/mol. The minimum absolute atomic E-state index is 0.169. The van der Waals surface area contributed by atoms with E-state index < -0.39 is 0 Å². The van der Waals surface area contributed by atoms with Crippen LogP contribution in [0.15, 0.2) is 23.4 Å². The summed E-state index contributed by atoms with van der Waals surface area (Å²) in [7, 11) is 0. The molecule has 2 aliphatic rings. The number of fused-ring (bicyclic) bond motifs is 4. The number of thioether (sulfide) groups is 1. The van der Waals surface area contributed by atoms with Gasteiger partial charge < -0.3 is 14.4 Å². The first-order valence-electron chi connectivity index (χ1n) is 9.59. The molecule has 2 aliphatic heterocycles. The minimum atomic E-state index is 0.169. The standard InChI is InChI=1S/C20H22N4O3S/c1-12-4-3-5-23(9-12)18(25)10-28-20-22-21-19-13(2)6-14-7-16-17(27-11-26-16)8-15(14)24(19)20/h6-8,12H,3-5,9-11H2,1-2H3. The summed E-state index contributed by atoms with van der Waals surface area (Å²) < 4.78 is 13.1. The number of rotatable bonds is 3. The summed E-state index contributed by atoms with van der Waals surface area (Å²) in [6.07, 6.45) is 2.29. The Balaban J connectivity index is 1.48. The van der Waals surface area contributed by atoms with E-state index in [1.165, 1.54) is 18.2 Å². The Morgan fingerprint density at radius 2 is 2.07 bits per heavy atom. The van der Waals surface area contributed by atoms with Gasteiger partial charge in [-0.25, -0.2) is 0 Å². The highest BCUT2D eigenvalue weighted by atomic mass is 32.2. The molecule has 7 nitrogen and oxygen atoms in total. The van der Waals surface area contributed by atoms with Crippen LogP contribution < -0.4 is 9.47 Å². The molecule has 1 unspecified atom stereocenters. The smallest absolute Gasteiger partial charge is 0.233 e. The van der Waals surface area contributed by atoms with Crippen molar-refractivity contribution in [3.05, 3.63) is 23.8 Å². The van der Waals surface area contributed by atoms with Gasteiger partial charge in [0.2, 0.25) is 12.7 Å². The third kappa shape index (κ3) is 2.96. The van der Waals surface area contributed by atoms with Crippen molar-refractivity contribution in [2.75, 3.05) is 25.6 Å². The van der Waals surface area contributed by atoms with Crippen LogP contribution in [0.1, 0.15) is 25.3 Å². The minimum Gasteiger partial charge on any atom is -0.454 e. The Morgan fingerprint density at radius 1 is 1.25 bits per heavy atom. The van der Waals surface area contributed by atoms with Crippen molar-refractivity contribution in [2.45, 2.75) is 31.8 Å². The van der Waals surface area contributed by atoms with Crippen LogP contribution in [0.25, 0.3) is 16.6 Å². The van der Waals surface area contributed by atoms with E-state index in [-0.39, 0.29) is 12.7 Å². The number of ether oxygens (including phenoxy) is 2. The predicted octanol–water partition coefficient (Wildman–Crippen LogP) is 3.27. The van der Waals surface area contributed by atoms with E-state index in [2.05, 4.69) is 23.2 Å². The zero-order valence-corrected chi connectivity index (χ0v) is 16.8. The van der Waals surface area contributed by atoms with Crippen molar-refractivity contribution in [2.24, 2.45) is 5.92 Å².